The summed E-state index contributed by atoms with van der Waals surface area (Å²) in [6.45, 7) is 1.83. The second-order valence-corrected chi connectivity index (χ2v) is 4.97. The average molecular weight is 275 g/mol. The minimum Gasteiger partial charge on any atom is -0.366 e. The van der Waals surface area contributed by atoms with E-state index in [0.717, 1.165) is 24.2 Å². The van der Waals surface area contributed by atoms with Crippen LogP contribution in [0.25, 0.3) is 0 Å². The number of hydrogen-bond acceptors (Lipinski definition) is 4. The molecule has 1 unspecified atom stereocenters. The fourth-order valence-corrected chi connectivity index (χ4v) is 2.41. The van der Waals surface area contributed by atoms with Crippen LogP contribution in [0.15, 0.2) is 18.2 Å². The van der Waals surface area contributed by atoms with Gasteiger partial charge < -0.3 is 20.7 Å². The van der Waals surface area contributed by atoms with E-state index in [4.69, 9.17) is 4.74 Å². The molecule has 1 fully saturated rings. The molecule has 2 aliphatic heterocycles. The lowest BCUT2D eigenvalue weighted by Gasteiger charge is -2.23. The first-order valence-electron chi connectivity index (χ1n) is 6.78. The first-order valence-corrected chi connectivity index (χ1v) is 6.78. The molecule has 1 atom stereocenters. The Labute approximate surface area is 116 Å². The number of carbonyl (C=O) groups excluding carboxylic acids is 2. The molecular weight excluding hydrogens is 258 g/mol. The predicted octanol–water partition coefficient (Wildman–Crippen LogP) is 0.498. The number of rotatable bonds is 2. The fourth-order valence-electron chi connectivity index (χ4n) is 2.41. The molecule has 0 aromatic heterocycles. The smallest absolute Gasteiger partial charge is 0.254 e. The number of fused-ring (bicyclic) bond motifs is 1. The van der Waals surface area contributed by atoms with Crippen LogP contribution in [0.3, 0.4) is 0 Å². The van der Waals surface area contributed by atoms with Gasteiger partial charge in [-0.1, -0.05) is 6.07 Å². The number of amides is 2. The van der Waals surface area contributed by atoms with Gasteiger partial charge >= 0.3 is 0 Å². The molecular formula is C14H17N3O3. The molecule has 0 spiro atoms. The van der Waals surface area contributed by atoms with E-state index in [2.05, 4.69) is 16.0 Å². The van der Waals surface area contributed by atoms with Crippen LogP contribution in [0.1, 0.15) is 12.0 Å². The van der Waals surface area contributed by atoms with Gasteiger partial charge in [0.2, 0.25) is 5.91 Å². The predicted molar refractivity (Wildman–Crippen MR) is 74.6 cm³/mol. The quantitative estimate of drug-likeness (QED) is 0.734. The maximum Gasteiger partial charge on any atom is 0.254 e. The second kappa shape index (κ2) is 5.60. The van der Waals surface area contributed by atoms with Crippen molar-refractivity contribution < 1.29 is 14.3 Å². The molecule has 2 heterocycles. The Bertz CT molecular complexity index is 538. The van der Waals surface area contributed by atoms with Crippen LogP contribution >= 0.6 is 0 Å². The molecule has 6 nitrogen and oxygen atoms in total. The first kappa shape index (κ1) is 13.1. The molecule has 1 aromatic carbocycles. The molecule has 20 heavy (non-hydrogen) atoms. The van der Waals surface area contributed by atoms with Gasteiger partial charge in [-0.15, -0.1) is 0 Å². The number of ether oxygens (including phenoxy) is 1. The maximum absolute atomic E-state index is 12.0. The number of carbonyl (C=O) groups is 2. The fraction of sp³-hybridized carbons (Fsp3) is 0.429. The molecule has 0 aliphatic carbocycles. The third kappa shape index (κ3) is 2.81. The van der Waals surface area contributed by atoms with E-state index in [-0.39, 0.29) is 11.8 Å². The molecule has 0 bridgehead atoms. The maximum atomic E-state index is 12.0. The highest BCUT2D eigenvalue weighted by atomic mass is 16.5. The van der Waals surface area contributed by atoms with Crippen LogP contribution in [-0.4, -0.2) is 37.6 Å². The van der Waals surface area contributed by atoms with Crippen LogP contribution in [0.5, 0.6) is 0 Å². The zero-order valence-corrected chi connectivity index (χ0v) is 11.1. The average Bonchev–Trinajstić information content (AvgIpc) is 2.47. The number of morpholine rings is 1. The summed E-state index contributed by atoms with van der Waals surface area (Å²) in [5.41, 5.74) is 2.55. The van der Waals surface area contributed by atoms with Gasteiger partial charge in [0.05, 0.1) is 6.61 Å². The van der Waals surface area contributed by atoms with Crippen molar-refractivity contribution in [1.82, 2.24) is 5.32 Å². The standard InChI is InChI=1S/C14H17N3O3/c18-13-4-2-9-1-3-10(7-11(9)17-13)16-14(19)12-8-15-5-6-20-12/h1,3,7,12,15H,2,4-6,8H2,(H,16,19)(H,17,18). The minimum absolute atomic E-state index is 0.0146. The van der Waals surface area contributed by atoms with Crippen LogP contribution in [-0.2, 0) is 20.7 Å². The van der Waals surface area contributed by atoms with Crippen molar-refractivity contribution >= 4 is 23.2 Å². The van der Waals surface area contributed by atoms with Gasteiger partial charge in [0.1, 0.15) is 6.10 Å². The van der Waals surface area contributed by atoms with Gasteiger partial charge in [-0.3, -0.25) is 9.59 Å². The van der Waals surface area contributed by atoms with Gasteiger partial charge in [-0.2, -0.15) is 0 Å². The minimum atomic E-state index is -0.464. The molecule has 106 valence electrons. The zero-order valence-electron chi connectivity index (χ0n) is 11.1. The summed E-state index contributed by atoms with van der Waals surface area (Å²) < 4.78 is 5.40. The third-order valence-corrected chi connectivity index (χ3v) is 3.49. The molecule has 2 amide bonds. The summed E-state index contributed by atoms with van der Waals surface area (Å²) in [5, 5.41) is 8.75. The Kier molecular flexibility index (Phi) is 3.66. The van der Waals surface area contributed by atoms with Crippen LogP contribution < -0.4 is 16.0 Å². The van der Waals surface area contributed by atoms with E-state index in [1.807, 2.05) is 12.1 Å². The van der Waals surface area contributed by atoms with Crippen molar-refractivity contribution in [2.75, 3.05) is 30.3 Å². The molecule has 0 saturated carbocycles. The molecule has 3 rings (SSSR count). The Morgan fingerprint density at radius 2 is 2.25 bits per heavy atom. The Balaban J connectivity index is 1.69. The lowest BCUT2D eigenvalue weighted by atomic mass is 10.0. The van der Waals surface area contributed by atoms with Crippen LogP contribution in [0, 0.1) is 0 Å². The molecule has 6 heteroatoms. The molecule has 3 N–H and O–H groups in total. The highest BCUT2D eigenvalue weighted by Gasteiger charge is 2.22. The molecule has 0 radical (unpaired) electrons. The van der Waals surface area contributed by atoms with Crippen molar-refractivity contribution in [3.05, 3.63) is 23.8 Å². The van der Waals surface area contributed by atoms with E-state index >= 15 is 0 Å². The second-order valence-electron chi connectivity index (χ2n) is 4.97. The number of anilines is 2. The number of benzene rings is 1. The normalized spacial score (nSPS) is 21.8. The van der Waals surface area contributed by atoms with E-state index in [1.54, 1.807) is 6.07 Å². The van der Waals surface area contributed by atoms with Crippen molar-refractivity contribution in [3.8, 4) is 0 Å². The summed E-state index contributed by atoms with van der Waals surface area (Å²) in [4.78, 5) is 23.4. The number of hydrogen-bond donors (Lipinski definition) is 3. The van der Waals surface area contributed by atoms with E-state index < -0.39 is 6.10 Å². The SMILES string of the molecule is O=C1CCc2ccc(NC(=O)C3CNCCO3)cc2N1. The van der Waals surface area contributed by atoms with Crippen LogP contribution in [0.2, 0.25) is 0 Å². The summed E-state index contributed by atoms with van der Waals surface area (Å²) in [6, 6.07) is 5.58. The largest absolute Gasteiger partial charge is 0.366 e. The van der Waals surface area contributed by atoms with E-state index in [1.165, 1.54) is 0 Å². The van der Waals surface area contributed by atoms with Crippen molar-refractivity contribution in [2.24, 2.45) is 0 Å². The third-order valence-electron chi connectivity index (χ3n) is 3.49. The Morgan fingerprint density at radius 3 is 3.05 bits per heavy atom. The number of aryl methyl sites for hydroxylation is 1. The van der Waals surface area contributed by atoms with Gasteiger partial charge in [-0.25, -0.2) is 0 Å². The van der Waals surface area contributed by atoms with Crippen molar-refractivity contribution in [2.45, 2.75) is 18.9 Å². The highest BCUT2D eigenvalue weighted by Crippen LogP contribution is 2.26. The highest BCUT2D eigenvalue weighted by molar-refractivity contribution is 5.97. The van der Waals surface area contributed by atoms with Crippen molar-refractivity contribution in [3.63, 3.8) is 0 Å². The van der Waals surface area contributed by atoms with Gasteiger partial charge in [0.25, 0.3) is 5.91 Å². The topological polar surface area (TPSA) is 79.5 Å². The molecule has 2 aliphatic rings. The lowest BCUT2D eigenvalue weighted by molar-refractivity contribution is -0.128. The zero-order chi connectivity index (χ0) is 13.9. The summed E-state index contributed by atoms with van der Waals surface area (Å²) in [5.74, 6) is -0.153. The van der Waals surface area contributed by atoms with E-state index in [9.17, 15) is 9.59 Å². The Morgan fingerprint density at radius 1 is 1.35 bits per heavy atom. The van der Waals surface area contributed by atoms with E-state index in [0.29, 0.717) is 25.3 Å². The van der Waals surface area contributed by atoms with Gasteiger partial charge in [-0.05, 0) is 24.1 Å². The summed E-state index contributed by atoms with van der Waals surface area (Å²) >= 11 is 0. The monoisotopic (exact) mass is 275 g/mol. The van der Waals surface area contributed by atoms with Gasteiger partial charge in [0, 0.05) is 30.9 Å². The molecule has 1 aromatic rings. The first-order chi connectivity index (χ1) is 9.72. The Hall–Kier alpha value is -1.92. The molecule has 1 saturated heterocycles. The van der Waals surface area contributed by atoms with Crippen LogP contribution in [0.4, 0.5) is 11.4 Å². The van der Waals surface area contributed by atoms with Gasteiger partial charge in [0.15, 0.2) is 0 Å². The summed E-state index contributed by atoms with van der Waals surface area (Å²) in [6.07, 6.45) is 0.792. The summed E-state index contributed by atoms with van der Waals surface area (Å²) in [7, 11) is 0. The van der Waals surface area contributed by atoms with Crippen molar-refractivity contribution in [1.29, 1.82) is 0 Å². The number of nitrogens with one attached hydrogen (secondary N) is 3. The lowest BCUT2D eigenvalue weighted by Crippen LogP contribution is -2.45.